The summed E-state index contributed by atoms with van der Waals surface area (Å²) >= 11 is 0. The van der Waals surface area contributed by atoms with Crippen molar-refractivity contribution >= 4 is 34.7 Å². The topological polar surface area (TPSA) is 106 Å². The lowest BCUT2D eigenvalue weighted by atomic mass is 10.2. The Hall–Kier alpha value is -3.76. The Bertz CT molecular complexity index is 1100. The molecule has 10 heteroatoms. The fraction of sp³-hybridized carbons (Fsp3) is 0.261. The van der Waals surface area contributed by atoms with Gasteiger partial charge < -0.3 is 20.4 Å². The van der Waals surface area contributed by atoms with Gasteiger partial charge in [0.2, 0.25) is 5.95 Å². The molecule has 0 aliphatic carbocycles. The Balaban J connectivity index is 1.43. The Morgan fingerprint density at radius 2 is 1.82 bits per heavy atom. The Morgan fingerprint density at radius 3 is 2.52 bits per heavy atom. The van der Waals surface area contributed by atoms with Crippen molar-refractivity contribution in [2.75, 3.05) is 48.3 Å². The van der Waals surface area contributed by atoms with Gasteiger partial charge in [-0.15, -0.1) is 0 Å². The Labute approximate surface area is 191 Å². The van der Waals surface area contributed by atoms with Crippen LogP contribution in [0.5, 0.6) is 0 Å². The van der Waals surface area contributed by atoms with Crippen molar-refractivity contribution < 1.29 is 14.4 Å². The molecule has 0 radical (unpaired) electrons. The third kappa shape index (κ3) is 5.54. The van der Waals surface area contributed by atoms with Gasteiger partial charge in [-0.3, -0.25) is 10.0 Å². The van der Waals surface area contributed by atoms with Crippen molar-refractivity contribution in [1.29, 1.82) is 0 Å². The Morgan fingerprint density at radius 1 is 1.06 bits per heavy atom. The quantitative estimate of drug-likeness (QED) is 0.320. The average Bonchev–Trinajstić information content (AvgIpc) is 2.86. The van der Waals surface area contributed by atoms with Gasteiger partial charge in [0.05, 0.1) is 6.20 Å². The normalized spacial score (nSPS) is 14.1. The van der Waals surface area contributed by atoms with Crippen molar-refractivity contribution in [3.63, 3.8) is 0 Å². The van der Waals surface area contributed by atoms with E-state index in [2.05, 4.69) is 37.3 Å². The average molecular weight is 452 g/mol. The smallest absolute Gasteiger partial charge is 0.274 e. The molecule has 33 heavy (non-hydrogen) atoms. The number of hydroxylamine groups is 1. The van der Waals surface area contributed by atoms with Gasteiger partial charge >= 0.3 is 0 Å². The summed E-state index contributed by atoms with van der Waals surface area (Å²) < 4.78 is 14.3. The van der Waals surface area contributed by atoms with Crippen LogP contribution in [0, 0.1) is 5.82 Å². The molecule has 0 unspecified atom stereocenters. The second-order valence-electron chi connectivity index (χ2n) is 7.63. The van der Waals surface area contributed by atoms with Gasteiger partial charge in [0, 0.05) is 48.8 Å². The molecule has 3 aromatic rings. The van der Waals surface area contributed by atoms with Crippen LogP contribution in [0.25, 0.3) is 0 Å². The maximum Gasteiger partial charge on any atom is 0.274 e. The summed E-state index contributed by atoms with van der Waals surface area (Å²) in [6.45, 7) is 7.37. The number of aromatic nitrogens is 2. The molecule has 1 amide bonds. The second-order valence-corrected chi connectivity index (χ2v) is 7.63. The van der Waals surface area contributed by atoms with E-state index in [9.17, 15) is 9.18 Å². The van der Waals surface area contributed by atoms with Crippen LogP contribution >= 0.6 is 0 Å². The maximum absolute atomic E-state index is 14.3. The van der Waals surface area contributed by atoms with Crippen LogP contribution < -0.4 is 21.0 Å². The summed E-state index contributed by atoms with van der Waals surface area (Å²) in [4.78, 5) is 24.6. The van der Waals surface area contributed by atoms with Crippen LogP contribution in [0.15, 0.2) is 54.7 Å². The van der Waals surface area contributed by atoms with E-state index in [1.54, 1.807) is 17.6 Å². The highest BCUT2D eigenvalue weighted by molar-refractivity contribution is 5.94. The fourth-order valence-corrected chi connectivity index (χ4v) is 3.66. The number of hydrogen-bond acceptors (Lipinski definition) is 8. The van der Waals surface area contributed by atoms with Crippen molar-refractivity contribution in [3.8, 4) is 0 Å². The molecule has 2 heterocycles. The highest BCUT2D eigenvalue weighted by Crippen LogP contribution is 2.23. The predicted octanol–water partition coefficient (Wildman–Crippen LogP) is 3.36. The molecule has 1 aliphatic heterocycles. The molecule has 4 rings (SSSR count). The van der Waals surface area contributed by atoms with E-state index >= 15 is 0 Å². The van der Waals surface area contributed by atoms with E-state index in [1.807, 2.05) is 24.3 Å². The van der Waals surface area contributed by atoms with Gasteiger partial charge in [-0.05, 0) is 49.0 Å². The van der Waals surface area contributed by atoms with Crippen molar-refractivity contribution in [2.24, 2.45) is 0 Å². The molecule has 0 spiro atoms. The number of likely N-dealkylation sites (N-methyl/N-ethyl adjacent to an activating group) is 1. The lowest BCUT2D eigenvalue weighted by Gasteiger charge is -2.35. The molecule has 1 aliphatic rings. The molecule has 0 saturated carbocycles. The van der Waals surface area contributed by atoms with Gasteiger partial charge in [-0.1, -0.05) is 13.0 Å². The highest BCUT2D eigenvalue weighted by Gasteiger charge is 2.16. The first-order chi connectivity index (χ1) is 16.1. The molecule has 2 aromatic carbocycles. The third-order valence-corrected chi connectivity index (χ3v) is 5.54. The van der Waals surface area contributed by atoms with E-state index in [4.69, 9.17) is 5.21 Å². The molecule has 4 N–H and O–H groups in total. The first kappa shape index (κ1) is 22.4. The van der Waals surface area contributed by atoms with Crippen LogP contribution in [0.4, 0.5) is 33.2 Å². The number of rotatable bonds is 7. The first-order valence-electron chi connectivity index (χ1n) is 10.7. The summed E-state index contributed by atoms with van der Waals surface area (Å²) in [5.74, 6) is -1.12. The predicted molar refractivity (Wildman–Crippen MR) is 125 cm³/mol. The Kier molecular flexibility index (Phi) is 6.96. The number of anilines is 5. The van der Waals surface area contributed by atoms with Gasteiger partial charge in [0.1, 0.15) is 0 Å². The van der Waals surface area contributed by atoms with E-state index in [0.29, 0.717) is 5.69 Å². The molecular formula is C23H26FN7O2. The van der Waals surface area contributed by atoms with Gasteiger partial charge in [-0.2, -0.15) is 4.98 Å². The van der Waals surface area contributed by atoms with Gasteiger partial charge in [0.25, 0.3) is 5.91 Å². The van der Waals surface area contributed by atoms with E-state index in [-0.39, 0.29) is 17.3 Å². The number of halogens is 1. The number of nitrogens with one attached hydrogen (secondary N) is 3. The molecule has 1 aromatic heterocycles. The van der Waals surface area contributed by atoms with Crippen LogP contribution in [-0.4, -0.2) is 58.7 Å². The van der Waals surface area contributed by atoms with Crippen LogP contribution in [0.2, 0.25) is 0 Å². The van der Waals surface area contributed by atoms with E-state index < -0.39 is 11.7 Å². The molecule has 0 bridgehead atoms. The summed E-state index contributed by atoms with van der Waals surface area (Å²) in [5.41, 5.74) is 4.16. The summed E-state index contributed by atoms with van der Waals surface area (Å²) in [5, 5.41) is 14.7. The molecule has 1 saturated heterocycles. The lowest BCUT2D eigenvalue weighted by Crippen LogP contribution is -2.46. The molecular weight excluding hydrogens is 425 g/mol. The number of carbonyl (C=O) groups excluding carboxylic acids is 1. The number of carbonyl (C=O) groups is 1. The molecule has 0 atom stereocenters. The summed E-state index contributed by atoms with van der Waals surface area (Å²) in [7, 11) is 0. The minimum atomic E-state index is -0.667. The monoisotopic (exact) mass is 451 g/mol. The van der Waals surface area contributed by atoms with Crippen LogP contribution in [-0.2, 0) is 0 Å². The number of benzene rings is 2. The summed E-state index contributed by atoms with van der Waals surface area (Å²) in [6, 6.07) is 14.2. The van der Waals surface area contributed by atoms with Crippen molar-refractivity contribution in [1.82, 2.24) is 20.3 Å². The minimum Gasteiger partial charge on any atom is -0.369 e. The van der Waals surface area contributed by atoms with E-state index in [1.165, 1.54) is 12.1 Å². The number of hydrogen-bond donors (Lipinski definition) is 4. The van der Waals surface area contributed by atoms with Gasteiger partial charge in [-0.25, -0.2) is 14.9 Å². The highest BCUT2D eigenvalue weighted by atomic mass is 19.1. The van der Waals surface area contributed by atoms with Gasteiger partial charge in [0.15, 0.2) is 11.6 Å². The SMILES string of the molecule is CCN1CCN(c2ccc(Nc3ncc(F)c(Nc4cccc(C(=O)NO)c4)n3)cc2)CC1. The zero-order chi connectivity index (χ0) is 23.2. The lowest BCUT2D eigenvalue weighted by molar-refractivity contribution is 0.0706. The van der Waals surface area contributed by atoms with Crippen molar-refractivity contribution in [2.45, 2.75) is 6.92 Å². The number of amides is 1. The zero-order valence-electron chi connectivity index (χ0n) is 18.3. The minimum absolute atomic E-state index is 0.0422. The largest absolute Gasteiger partial charge is 0.369 e. The fourth-order valence-electron chi connectivity index (χ4n) is 3.66. The van der Waals surface area contributed by atoms with Crippen molar-refractivity contribution in [3.05, 3.63) is 66.1 Å². The molecule has 172 valence electrons. The van der Waals surface area contributed by atoms with Crippen LogP contribution in [0.1, 0.15) is 17.3 Å². The van der Waals surface area contributed by atoms with E-state index in [0.717, 1.165) is 50.3 Å². The molecule has 9 nitrogen and oxygen atoms in total. The number of nitrogens with zero attached hydrogens (tertiary/aromatic N) is 4. The summed E-state index contributed by atoms with van der Waals surface area (Å²) in [6.07, 6.45) is 1.07. The number of piperazine rings is 1. The standard InChI is InChI=1S/C23H26FN7O2/c1-2-30-10-12-31(13-11-30)19-8-6-17(7-9-19)27-23-25-15-20(24)21(28-23)26-18-5-3-4-16(14-18)22(32)29-33/h3-9,14-15,33H,2,10-13H2,1H3,(H,29,32)(H2,25,26,27,28). The van der Waals surface area contributed by atoms with Crippen LogP contribution in [0.3, 0.4) is 0 Å². The first-order valence-corrected chi connectivity index (χ1v) is 10.7. The maximum atomic E-state index is 14.3. The molecule has 1 fully saturated rings. The zero-order valence-corrected chi connectivity index (χ0v) is 18.3. The third-order valence-electron chi connectivity index (χ3n) is 5.54. The second kappa shape index (κ2) is 10.2.